The molecule has 2 nitrogen and oxygen atoms in total. The van der Waals surface area contributed by atoms with Gasteiger partial charge in [-0.15, -0.1) is 0 Å². The van der Waals surface area contributed by atoms with Crippen LogP contribution in [0.3, 0.4) is 0 Å². The summed E-state index contributed by atoms with van der Waals surface area (Å²) < 4.78 is 0. The zero-order chi connectivity index (χ0) is 13.2. The van der Waals surface area contributed by atoms with E-state index in [0.29, 0.717) is 17.7 Å². The van der Waals surface area contributed by atoms with Crippen LogP contribution in [0.4, 0.5) is 0 Å². The largest absolute Gasteiger partial charge is 0.508 e. The molecular weight excluding hydrogens is 234 g/mol. The molecule has 2 bridgehead atoms. The van der Waals surface area contributed by atoms with Gasteiger partial charge in [0.25, 0.3) is 0 Å². The minimum absolute atomic E-state index is 0.228. The normalized spacial score (nSPS) is 37.4. The van der Waals surface area contributed by atoms with E-state index in [0.717, 1.165) is 5.92 Å². The molecule has 1 aliphatic heterocycles. The number of hydrogen-bond donors (Lipinski definition) is 1. The molecule has 1 saturated carbocycles. The lowest BCUT2D eigenvalue weighted by atomic mass is 9.66. The highest BCUT2D eigenvalue weighted by Gasteiger charge is 2.52. The average molecular weight is 257 g/mol. The van der Waals surface area contributed by atoms with E-state index in [2.05, 4.69) is 24.8 Å². The molecule has 1 aromatic carbocycles. The molecule has 0 aromatic heterocycles. The lowest BCUT2D eigenvalue weighted by molar-refractivity contribution is 0.219. The van der Waals surface area contributed by atoms with Gasteiger partial charge >= 0.3 is 0 Å². The third-order valence-corrected chi connectivity index (χ3v) is 5.91. The van der Waals surface area contributed by atoms with E-state index in [-0.39, 0.29) is 5.41 Å². The monoisotopic (exact) mass is 257 g/mol. The zero-order valence-corrected chi connectivity index (χ0v) is 11.9. The van der Waals surface area contributed by atoms with Crippen LogP contribution in [0.15, 0.2) is 18.2 Å². The van der Waals surface area contributed by atoms with Gasteiger partial charge in [-0.1, -0.05) is 19.9 Å². The van der Waals surface area contributed by atoms with Gasteiger partial charge in [-0.05, 0) is 54.4 Å². The maximum Gasteiger partial charge on any atom is 0.115 e. The van der Waals surface area contributed by atoms with Crippen molar-refractivity contribution in [2.75, 3.05) is 13.1 Å². The first kappa shape index (κ1) is 11.8. The molecule has 4 rings (SSSR count). The smallest absolute Gasteiger partial charge is 0.115 e. The van der Waals surface area contributed by atoms with Crippen LogP contribution < -0.4 is 0 Å². The number of phenolic OH excluding ortho intramolecular Hbond substituents is 1. The van der Waals surface area contributed by atoms with Gasteiger partial charge in [-0.25, -0.2) is 0 Å². The Bertz CT molecular complexity index is 522. The summed E-state index contributed by atoms with van der Waals surface area (Å²) in [6.45, 7) is 7.27. The number of likely N-dealkylation sites (tertiary alicyclic amines) is 1. The molecule has 0 unspecified atom stereocenters. The van der Waals surface area contributed by atoms with Gasteiger partial charge in [0.05, 0.1) is 0 Å². The average Bonchev–Trinajstić information content (AvgIpc) is 3.15. The highest BCUT2D eigenvalue weighted by atomic mass is 16.3. The molecular formula is C17H23NO. The number of aromatic hydroxyl groups is 1. The van der Waals surface area contributed by atoms with E-state index in [4.69, 9.17) is 0 Å². The van der Waals surface area contributed by atoms with E-state index in [1.165, 1.54) is 43.5 Å². The van der Waals surface area contributed by atoms with E-state index in [9.17, 15) is 5.11 Å². The van der Waals surface area contributed by atoms with Crippen molar-refractivity contribution in [3.63, 3.8) is 0 Å². The van der Waals surface area contributed by atoms with E-state index >= 15 is 0 Å². The number of phenols is 1. The SMILES string of the molecule is C[C@@H]1[C@H]2Cc3ccc(O)cc3[C@]1(C)CN2CC1CC1. The number of rotatable bonds is 2. The number of hydrogen-bond acceptors (Lipinski definition) is 2. The lowest BCUT2D eigenvalue weighted by Gasteiger charge is -2.37. The van der Waals surface area contributed by atoms with Gasteiger partial charge in [0, 0.05) is 24.5 Å². The van der Waals surface area contributed by atoms with Gasteiger partial charge in [0.15, 0.2) is 0 Å². The molecule has 0 spiro atoms. The van der Waals surface area contributed by atoms with Crippen molar-refractivity contribution in [1.82, 2.24) is 4.90 Å². The Kier molecular flexibility index (Phi) is 2.33. The lowest BCUT2D eigenvalue weighted by Crippen LogP contribution is -2.39. The number of benzene rings is 1. The Labute approximate surface area is 115 Å². The van der Waals surface area contributed by atoms with Crippen LogP contribution in [0.5, 0.6) is 5.75 Å². The predicted molar refractivity (Wildman–Crippen MR) is 76.4 cm³/mol. The van der Waals surface area contributed by atoms with Gasteiger partial charge in [-0.2, -0.15) is 0 Å². The molecule has 0 radical (unpaired) electrons. The molecule has 2 heteroatoms. The van der Waals surface area contributed by atoms with Crippen molar-refractivity contribution < 1.29 is 5.11 Å². The van der Waals surface area contributed by atoms with Crippen molar-refractivity contribution in [2.24, 2.45) is 11.8 Å². The third-order valence-electron chi connectivity index (χ3n) is 5.91. The zero-order valence-electron chi connectivity index (χ0n) is 11.9. The second-order valence-electron chi connectivity index (χ2n) is 7.19. The topological polar surface area (TPSA) is 23.5 Å². The minimum Gasteiger partial charge on any atom is -0.508 e. The predicted octanol–water partition coefficient (Wildman–Crippen LogP) is 2.94. The molecule has 1 N–H and O–H groups in total. The molecule has 2 fully saturated rings. The molecule has 1 aromatic rings. The summed E-state index contributed by atoms with van der Waals surface area (Å²) in [5.41, 5.74) is 3.09. The summed E-state index contributed by atoms with van der Waals surface area (Å²) >= 11 is 0. The number of nitrogens with zero attached hydrogens (tertiary/aromatic N) is 1. The first-order valence-corrected chi connectivity index (χ1v) is 7.64. The van der Waals surface area contributed by atoms with Gasteiger partial charge in [0.1, 0.15) is 5.75 Å². The molecule has 1 heterocycles. The van der Waals surface area contributed by atoms with Crippen LogP contribution in [-0.2, 0) is 11.8 Å². The molecule has 0 amide bonds. The van der Waals surface area contributed by atoms with Crippen LogP contribution in [-0.4, -0.2) is 29.1 Å². The summed E-state index contributed by atoms with van der Waals surface area (Å²) in [4.78, 5) is 2.74. The van der Waals surface area contributed by atoms with Crippen LogP contribution in [0.25, 0.3) is 0 Å². The fraction of sp³-hybridized carbons (Fsp3) is 0.647. The highest BCUT2D eigenvalue weighted by molar-refractivity contribution is 5.45. The molecule has 2 aliphatic carbocycles. The summed E-state index contributed by atoms with van der Waals surface area (Å²) in [5.74, 6) is 2.08. The third kappa shape index (κ3) is 1.66. The fourth-order valence-electron chi connectivity index (χ4n) is 4.39. The van der Waals surface area contributed by atoms with Crippen LogP contribution in [0.1, 0.15) is 37.8 Å². The minimum atomic E-state index is 0.228. The Morgan fingerprint density at radius 3 is 2.89 bits per heavy atom. The molecule has 19 heavy (non-hydrogen) atoms. The summed E-state index contributed by atoms with van der Waals surface area (Å²) in [5, 5.41) is 9.82. The standard InChI is InChI=1S/C17H23NO/c1-11-16-7-13-5-6-14(19)8-15(13)17(11,2)10-18(16)9-12-3-4-12/h5-6,8,11-12,16,19H,3-4,7,9-10H2,1-2H3/t11-,16-,17-/m1/s1. The Balaban J connectivity index is 1.74. The van der Waals surface area contributed by atoms with Crippen LogP contribution in [0, 0.1) is 11.8 Å². The summed E-state index contributed by atoms with van der Waals surface area (Å²) in [7, 11) is 0. The Hall–Kier alpha value is -1.02. The second kappa shape index (κ2) is 3.76. The maximum atomic E-state index is 9.82. The van der Waals surface area contributed by atoms with Crippen molar-refractivity contribution in [3.05, 3.63) is 29.3 Å². The van der Waals surface area contributed by atoms with E-state index in [1.807, 2.05) is 12.1 Å². The number of fused-ring (bicyclic) bond motifs is 4. The van der Waals surface area contributed by atoms with Crippen molar-refractivity contribution >= 4 is 0 Å². The Morgan fingerprint density at radius 1 is 1.37 bits per heavy atom. The second-order valence-corrected chi connectivity index (χ2v) is 7.19. The van der Waals surface area contributed by atoms with Crippen molar-refractivity contribution in [3.8, 4) is 5.75 Å². The molecule has 3 atom stereocenters. The Morgan fingerprint density at radius 2 is 2.16 bits per heavy atom. The highest BCUT2D eigenvalue weighted by Crippen LogP contribution is 2.50. The maximum absolute atomic E-state index is 9.82. The molecule has 1 saturated heterocycles. The quantitative estimate of drug-likeness (QED) is 0.880. The van der Waals surface area contributed by atoms with Gasteiger partial charge in [-0.3, -0.25) is 4.90 Å². The van der Waals surface area contributed by atoms with Crippen molar-refractivity contribution in [1.29, 1.82) is 0 Å². The first-order valence-electron chi connectivity index (χ1n) is 7.64. The summed E-state index contributed by atoms with van der Waals surface area (Å²) in [6.07, 6.45) is 4.03. The van der Waals surface area contributed by atoms with Crippen LogP contribution in [0.2, 0.25) is 0 Å². The van der Waals surface area contributed by atoms with Gasteiger partial charge < -0.3 is 5.11 Å². The van der Waals surface area contributed by atoms with Crippen molar-refractivity contribution in [2.45, 2.75) is 44.6 Å². The summed E-state index contributed by atoms with van der Waals surface area (Å²) in [6, 6.07) is 6.72. The molecule has 102 valence electrons. The first-order chi connectivity index (χ1) is 9.08. The van der Waals surface area contributed by atoms with Crippen LogP contribution >= 0.6 is 0 Å². The van der Waals surface area contributed by atoms with Gasteiger partial charge in [0.2, 0.25) is 0 Å². The van der Waals surface area contributed by atoms with E-state index in [1.54, 1.807) is 0 Å². The molecule has 3 aliphatic rings. The fourth-order valence-corrected chi connectivity index (χ4v) is 4.39. The van der Waals surface area contributed by atoms with E-state index < -0.39 is 0 Å².